The molecule has 2 fully saturated rings. The summed E-state index contributed by atoms with van der Waals surface area (Å²) in [5.74, 6) is 1.44. The second-order valence-corrected chi connectivity index (χ2v) is 6.63. The van der Waals surface area contributed by atoms with Gasteiger partial charge in [-0.3, -0.25) is 4.79 Å². The van der Waals surface area contributed by atoms with Crippen molar-refractivity contribution in [1.82, 2.24) is 4.90 Å². The highest BCUT2D eigenvalue weighted by atomic mass is 35.5. The number of hydrogen-bond donors (Lipinski definition) is 0. The third-order valence-corrected chi connectivity index (χ3v) is 5.17. The van der Waals surface area contributed by atoms with Crippen LogP contribution >= 0.6 is 11.6 Å². The lowest BCUT2D eigenvalue weighted by Crippen LogP contribution is -2.41. The van der Waals surface area contributed by atoms with Crippen LogP contribution in [0.4, 0.5) is 0 Å². The number of nitrogens with zero attached hydrogens (tertiary/aromatic N) is 1. The van der Waals surface area contributed by atoms with Crippen LogP contribution in [0.5, 0.6) is 0 Å². The van der Waals surface area contributed by atoms with Gasteiger partial charge < -0.3 is 4.90 Å². The molecular weight excluding hydrogens is 246 g/mol. The Morgan fingerprint density at radius 1 is 1.06 bits per heavy atom. The summed E-state index contributed by atoms with van der Waals surface area (Å²) in [7, 11) is 0. The van der Waals surface area contributed by atoms with Gasteiger partial charge in [-0.15, -0.1) is 11.6 Å². The summed E-state index contributed by atoms with van der Waals surface area (Å²) in [5.41, 5.74) is 0. The number of hydrogen-bond acceptors (Lipinski definition) is 1. The van der Waals surface area contributed by atoms with Crippen LogP contribution in [-0.2, 0) is 4.79 Å². The van der Waals surface area contributed by atoms with E-state index in [0.29, 0.717) is 5.92 Å². The fourth-order valence-electron chi connectivity index (χ4n) is 3.25. The van der Waals surface area contributed by atoms with Gasteiger partial charge in [-0.05, 0) is 37.5 Å². The van der Waals surface area contributed by atoms with E-state index in [4.69, 9.17) is 11.6 Å². The van der Waals surface area contributed by atoms with Crippen LogP contribution < -0.4 is 0 Å². The predicted molar refractivity (Wildman–Crippen MR) is 75.8 cm³/mol. The minimum Gasteiger partial charge on any atom is -0.341 e. The molecule has 2 nitrogen and oxygen atoms in total. The largest absolute Gasteiger partial charge is 0.341 e. The van der Waals surface area contributed by atoms with Crippen molar-refractivity contribution >= 4 is 17.5 Å². The summed E-state index contributed by atoms with van der Waals surface area (Å²) in [4.78, 5) is 14.4. The number of carbonyl (C=O) groups excluding carboxylic acids is 1. The number of likely N-dealkylation sites (tertiary alicyclic amines) is 1. The standard InChI is InChI=1S/C15H26ClNO/c1-12-6-8-13(9-7-12)14(16)15(18)17-10-4-2-3-5-11-17/h12-14H,2-11H2,1H3. The third-order valence-electron chi connectivity index (χ3n) is 4.63. The lowest BCUT2D eigenvalue weighted by Gasteiger charge is -2.31. The molecule has 2 rings (SSSR count). The van der Waals surface area contributed by atoms with Crippen molar-refractivity contribution in [1.29, 1.82) is 0 Å². The Balaban J connectivity index is 1.87. The Bertz CT molecular complexity index is 266. The molecule has 0 spiro atoms. The van der Waals surface area contributed by atoms with E-state index in [2.05, 4.69) is 6.92 Å². The molecule has 1 unspecified atom stereocenters. The van der Waals surface area contributed by atoms with Crippen molar-refractivity contribution < 1.29 is 4.79 Å². The van der Waals surface area contributed by atoms with Gasteiger partial charge in [-0.1, -0.05) is 32.6 Å². The van der Waals surface area contributed by atoms with Crippen LogP contribution in [0, 0.1) is 11.8 Å². The van der Waals surface area contributed by atoms with Gasteiger partial charge in [0.05, 0.1) is 0 Å². The van der Waals surface area contributed by atoms with Crippen LogP contribution in [-0.4, -0.2) is 29.3 Å². The van der Waals surface area contributed by atoms with E-state index in [1.807, 2.05) is 4.90 Å². The van der Waals surface area contributed by atoms with Gasteiger partial charge in [0.2, 0.25) is 5.91 Å². The lowest BCUT2D eigenvalue weighted by atomic mass is 9.81. The maximum absolute atomic E-state index is 12.4. The van der Waals surface area contributed by atoms with Crippen molar-refractivity contribution in [2.24, 2.45) is 11.8 Å². The van der Waals surface area contributed by atoms with Gasteiger partial charge in [0.1, 0.15) is 5.38 Å². The lowest BCUT2D eigenvalue weighted by molar-refractivity contribution is -0.132. The fourth-order valence-corrected chi connectivity index (χ4v) is 3.64. The minimum absolute atomic E-state index is 0.207. The number of alkyl halides is 1. The Hall–Kier alpha value is -0.240. The first-order chi connectivity index (χ1) is 8.68. The highest BCUT2D eigenvalue weighted by Crippen LogP contribution is 2.33. The molecule has 3 heteroatoms. The third kappa shape index (κ3) is 3.63. The molecule has 1 heterocycles. The van der Waals surface area contributed by atoms with Crippen molar-refractivity contribution in [3.63, 3.8) is 0 Å². The zero-order valence-electron chi connectivity index (χ0n) is 11.5. The number of rotatable bonds is 2. The summed E-state index contributed by atoms with van der Waals surface area (Å²) < 4.78 is 0. The van der Waals surface area contributed by atoms with Crippen LogP contribution in [0.3, 0.4) is 0 Å². The molecule has 1 aliphatic heterocycles. The second-order valence-electron chi connectivity index (χ2n) is 6.16. The predicted octanol–water partition coefficient (Wildman–Crippen LogP) is 3.82. The van der Waals surface area contributed by atoms with Gasteiger partial charge in [0, 0.05) is 13.1 Å². The van der Waals surface area contributed by atoms with E-state index < -0.39 is 0 Å². The molecule has 2 aliphatic rings. The van der Waals surface area contributed by atoms with E-state index in [1.54, 1.807) is 0 Å². The molecule has 0 aromatic heterocycles. The molecule has 0 N–H and O–H groups in total. The monoisotopic (exact) mass is 271 g/mol. The molecule has 1 atom stereocenters. The molecule has 0 bridgehead atoms. The number of carbonyl (C=O) groups is 1. The summed E-state index contributed by atoms with van der Waals surface area (Å²) in [6.45, 7) is 4.15. The first kappa shape index (κ1) is 14.2. The topological polar surface area (TPSA) is 20.3 Å². The summed E-state index contributed by atoms with van der Waals surface area (Å²) in [6.07, 6.45) is 9.57. The average molecular weight is 272 g/mol. The Morgan fingerprint density at radius 3 is 2.17 bits per heavy atom. The van der Waals surface area contributed by atoms with E-state index in [1.165, 1.54) is 25.7 Å². The summed E-state index contributed by atoms with van der Waals surface area (Å²) in [6, 6.07) is 0. The van der Waals surface area contributed by atoms with E-state index in [-0.39, 0.29) is 11.3 Å². The summed E-state index contributed by atoms with van der Waals surface area (Å²) >= 11 is 6.45. The van der Waals surface area contributed by atoms with Gasteiger partial charge in [0.25, 0.3) is 0 Å². The summed E-state index contributed by atoms with van der Waals surface area (Å²) in [5, 5.41) is -0.268. The van der Waals surface area contributed by atoms with E-state index in [9.17, 15) is 4.79 Å². The second kappa shape index (κ2) is 6.79. The molecule has 0 aromatic carbocycles. The Kier molecular flexibility index (Phi) is 5.35. The maximum atomic E-state index is 12.4. The zero-order valence-corrected chi connectivity index (χ0v) is 12.3. The van der Waals surface area contributed by atoms with E-state index >= 15 is 0 Å². The minimum atomic E-state index is -0.268. The Labute approximate surface area is 116 Å². The highest BCUT2D eigenvalue weighted by molar-refractivity contribution is 6.30. The van der Waals surface area contributed by atoms with Crippen LogP contribution in [0.1, 0.15) is 58.3 Å². The zero-order chi connectivity index (χ0) is 13.0. The molecule has 1 saturated carbocycles. The molecule has 1 aliphatic carbocycles. The maximum Gasteiger partial charge on any atom is 0.240 e. The fraction of sp³-hybridized carbons (Fsp3) is 0.933. The molecule has 104 valence electrons. The smallest absolute Gasteiger partial charge is 0.240 e. The first-order valence-corrected chi connectivity index (χ1v) is 8.05. The van der Waals surface area contributed by atoms with Gasteiger partial charge >= 0.3 is 0 Å². The van der Waals surface area contributed by atoms with Gasteiger partial charge in [-0.25, -0.2) is 0 Å². The number of halogens is 1. The Morgan fingerprint density at radius 2 is 1.61 bits per heavy atom. The molecule has 0 radical (unpaired) electrons. The quantitative estimate of drug-likeness (QED) is 0.699. The van der Waals surface area contributed by atoms with Crippen molar-refractivity contribution in [2.45, 2.75) is 63.7 Å². The molecular formula is C15H26ClNO. The first-order valence-electron chi connectivity index (χ1n) is 7.61. The highest BCUT2D eigenvalue weighted by Gasteiger charge is 2.32. The molecule has 18 heavy (non-hydrogen) atoms. The molecule has 1 saturated heterocycles. The van der Waals surface area contributed by atoms with Gasteiger partial charge in [-0.2, -0.15) is 0 Å². The molecule has 0 aromatic rings. The van der Waals surface area contributed by atoms with Crippen molar-refractivity contribution in [3.8, 4) is 0 Å². The van der Waals surface area contributed by atoms with Crippen molar-refractivity contribution in [3.05, 3.63) is 0 Å². The van der Waals surface area contributed by atoms with Crippen LogP contribution in [0.2, 0.25) is 0 Å². The van der Waals surface area contributed by atoms with Crippen molar-refractivity contribution in [2.75, 3.05) is 13.1 Å². The molecule has 1 amide bonds. The van der Waals surface area contributed by atoms with E-state index in [0.717, 1.165) is 44.7 Å². The SMILES string of the molecule is CC1CCC(C(Cl)C(=O)N2CCCCCC2)CC1. The van der Waals surface area contributed by atoms with Crippen LogP contribution in [0.25, 0.3) is 0 Å². The normalized spacial score (nSPS) is 31.8. The average Bonchev–Trinajstić information content (AvgIpc) is 2.67. The van der Waals surface area contributed by atoms with Crippen LogP contribution in [0.15, 0.2) is 0 Å². The van der Waals surface area contributed by atoms with Gasteiger partial charge in [0.15, 0.2) is 0 Å². The number of amides is 1.